The molecule has 2 aromatic rings. The molecule has 0 fully saturated rings. The Balaban J connectivity index is 2.03. The number of anilines is 1. The Morgan fingerprint density at radius 1 is 1.47 bits per heavy atom. The molecule has 2 aromatic heterocycles. The molecule has 2 heterocycles. The minimum atomic E-state index is -0.536. The first kappa shape index (κ1) is 12.8. The number of nitro groups is 1. The second-order valence-electron chi connectivity index (χ2n) is 4.05. The number of aromatic amines is 1. The summed E-state index contributed by atoms with van der Waals surface area (Å²) in [5.41, 5.74) is -0.136. The van der Waals surface area contributed by atoms with E-state index in [4.69, 9.17) is 0 Å². The summed E-state index contributed by atoms with van der Waals surface area (Å²) in [5.74, 6) is 1.03. The van der Waals surface area contributed by atoms with Crippen LogP contribution in [0.5, 0.6) is 0 Å². The molecule has 0 aliphatic heterocycles. The van der Waals surface area contributed by atoms with E-state index in [1.165, 1.54) is 12.4 Å². The molecule has 0 saturated carbocycles. The molecule has 0 aliphatic carbocycles. The highest BCUT2D eigenvalue weighted by molar-refractivity contribution is 5.33. The fourth-order valence-corrected chi connectivity index (χ4v) is 1.56. The van der Waals surface area contributed by atoms with Crippen molar-refractivity contribution in [3.05, 3.63) is 28.3 Å². The Morgan fingerprint density at radius 3 is 2.68 bits per heavy atom. The number of tetrazole rings is 1. The average molecular weight is 264 g/mol. The van der Waals surface area contributed by atoms with Crippen LogP contribution in [-0.2, 0) is 0 Å². The molecule has 0 unspecified atom stereocenters. The zero-order valence-corrected chi connectivity index (χ0v) is 10.4. The zero-order valence-electron chi connectivity index (χ0n) is 10.4. The van der Waals surface area contributed by atoms with Gasteiger partial charge in [0.05, 0.1) is 4.92 Å². The van der Waals surface area contributed by atoms with Crippen molar-refractivity contribution in [3.8, 4) is 0 Å². The summed E-state index contributed by atoms with van der Waals surface area (Å²) in [5, 5.41) is 24.2. The average Bonchev–Trinajstić information content (AvgIpc) is 2.92. The summed E-state index contributed by atoms with van der Waals surface area (Å²) in [6, 6.07) is 0. The van der Waals surface area contributed by atoms with Crippen LogP contribution in [0.2, 0.25) is 0 Å². The second kappa shape index (κ2) is 5.33. The van der Waals surface area contributed by atoms with Gasteiger partial charge in [-0.15, -0.1) is 10.2 Å². The normalized spacial score (nSPS) is 12.1. The number of hydrogen-bond acceptors (Lipinski definition) is 8. The molecule has 2 rings (SSSR count). The predicted octanol–water partition coefficient (Wildman–Crippen LogP) is 0.138. The lowest BCUT2D eigenvalue weighted by atomic mass is 10.1. The Morgan fingerprint density at radius 2 is 2.16 bits per heavy atom. The maximum absolute atomic E-state index is 10.5. The van der Waals surface area contributed by atoms with E-state index in [1.54, 1.807) is 11.9 Å². The lowest BCUT2D eigenvalue weighted by Gasteiger charge is -2.19. The molecule has 0 bridgehead atoms. The highest BCUT2D eigenvalue weighted by Crippen LogP contribution is 2.15. The predicted molar refractivity (Wildman–Crippen MR) is 64.5 cm³/mol. The Labute approximate surface area is 108 Å². The van der Waals surface area contributed by atoms with Gasteiger partial charge in [-0.25, -0.2) is 9.97 Å². The molecule has 0 aromatic carbocycles. The van der Waals surface area contributed by atoms with Crippen molar-refractivity contribution in [2.45, 2.75) is 12.8 Å². The molecule has 0 spiro atoms. The molecule has 10 nitrogen and oxygen atoms in total. The van der Waals surface area contributed by atoms with E-state index in [2.05, 4.69) is 30.6 Å². The molecule has 0 saturated heterocycles. The van der Waals surface area contributed by atoms with Crippen LogP contribution in [-0.4, -0.2) is 49.1 Å². The van der Waals surface area contributed by atoms with Crippen LogP contribution in [0.3, 0.4) is 0 Å². The molecule has 1 atom stereocenters. The molecule has 0 amide bonds. The molecule has 0 radical (unpaired) electrons. The van der Waals surface area contributed by atoms with Crippen LogP contribution >= 0.6 is 0 Å². The standard InChI is InChI=1S/C9H12N8O2/c1-6(8-12-14-15-13-8)5-16(2)9-10-3-7(4-11-9)17(18)19/h3-4,6H,5H2,1-2H3,(H,12,13,14,15)/t6-/m0/s1. The quantitative estimate of drug-likeness (QED) is 0.596. The van der Waals surface area contributed by atoms with Gasteiger partial charge in [0.2, 0.25) is 5.95 Å². The lowest BCUT2D eigenvalue weighted by Crippen LogP contribution is -2.25. The van der Waals surface area contributed by atoms with Gasteiger partial charge >= 0.3 is 5.69 Å². The van der Waals surface area contributed by atoms with Crippen molar-refractivity contribution in [1.82, 2.24) is 30.6 Å². The summed E-state index contributed by atoms with van der Waals surface area (Å²) in [6.45, 7) is 2.50. The van der Waals surface area contributed by atoms with E-state index in [0.29, 0.717) is 18.3 Å². The zero-order chi connectivity index (χ0) is 13.8. The van der Waals surface area contributed by atoms with Gasteiger partial charge in [-0.05, 0) is 0 Å². The fourth-order valence-electron chi connectivity index (χ4n) is 1.56. The summed E-state index contributed by atoms with van der Waals surface area (Å²) in [6.07, 6.45) is 2.36. The third kappa shape index (κ3) is 2.97. The molecular weight excluding hydrogens is 252 g/mol. The van der Waals surface area contributed by atoms with Crippen molar-refractivity contribution >= 4 is 11.6 Å². The first-order valence-corrected chi connectivity index (χ1v) is 5.49. The number of nitrogens with one attached hydrogen (secondary N) is 1. The molecule has 1 N–H and O–H groups in total. The van der Waals surface area contributed by atoms with Crippen molar-refractivity contribution in [3.63, 3.8) is 0 Å². The number of hydrogen-bond donors (Lipinski definition) is 1. The van der Waals surface area contributed by atoms with Crippen molar-refractivity contribution in [2.75, 3.05) is 18.5 Å². The van der Waals surface area contributed by atoms with Gasteiger partial charge in [-0.1, -0.05) is 12.1 Å². The highest BCUT2D eigenvalue weighted by Gasteiger charge is 2.15. The van der Waals surface area contributed by atoms with Crippen LogP contribution in [0.15, 0.2) is 12.4 Å². The SMILES string of the molecule is C[C@@H](CN(C)c1ncc([N+](=O)[O-])cn1)c1nn[nH]n1. The first-order valence-electron chi connectivity index (χ1n) is 5.49. The van der Waals surface area contributed by atoms with Crippen molar-refractivity contribution in [1.29, 1.82) is 0 Å². The van der Waals surface area contributed by atoms with Gasteiger partial charge in [0, 0.05) is 19.5 Å². The Bertz CT molecular complexity index is 540. The van der Waals surface area contributed by atoms with Crippen molar-refractivity contribution in [2.24, 2.45) is 0 Å². The molecule has 100 valence electrons. The number of H-pyrrole nitrogens is 1. The van der Waals surface area contributed by atoms with E-state index >= 15 is 0 Å². The highest BCUT2D eigenvalue weighted by atomic mass is 16.6. The number of likely N-dealkylation sites (N-methyl/N-ethyl adjacent to an activating group) is 1. The number of nitrogens with zero attached hydrogens (tertiary/aromatic N) is 7. The van der Waals surface area contributed by atoms with E-state index in [1.807, 2.05) is 6.92 Å². The summed E-state index contributed by atoms with van der Waals surface area (Å²) >= 11 is 0. The van der Waals surface area contributed by atoms with Crippen LogP contribution < -0.4 is 4.90 Å². The molecule has 19 heavy (non-hydrogen) atoms. The topological polar surface area (TPSA) is 127 Å². The van der Waals surface area contributed by atoms with Gasteiger partial charge in [0.15, 0.2) is 5.82 Å². The van der Waals surface area contributed by atoms with Crippen LogP contribution in [0.1, 0.15) is 18.7 Å². The fraction of sp³-hybridized carbons (Fsp3) is 0.444. The second-order valence-corrected chi connectivity index (χ2v) is 4.05. The smallest absolute Gasteiger partial charge is 0.305 e. The lowest BCUT2D eigenvalue weighted by molar-refractivity contribution is -0.385. The Kier molecular flexibility index (Phi) is 3.59. The van der Waals surface area contributed by atoms with Crippen LogP contribution in [0, 0.1) is 10.1 Å². The van der Waals surface area contributed by atoms with Crippen molar-refractivity contribution < 1.29 is 4.92 Å². The first-order chi connectivity index (χ1) is 9.08. The number of aromatic nitrogens is 6. The maximum Gasteiger partial charge on any atom is 0.305 e. The Hall–Kier alpha value is -2.65. The maximum atomic E-state index is 10.5. The summed E-state index contributed by atoms with van der Waals surface area (Å²) in [4.78, 5) is 19.6. The van der Waals surface area contributed by atoms with E-state index in [9.17, 15) is 10.1 Å². The number of rotatable bonds is 5. The van der Waals surface area contributed by atoms with Gasteiger partial charge < -0.3 is 4.90 Å². The monoisotopic (exact) mass is 264 g/mol. The van der Waals surface area contributed by atoms with E-state index in [-0.39, 0.29) is 11.6 Å². The minimum Gasteiger partial charge on any atom is -0.343 e. The van der Waals surface area contributed by atoms with E-state index < -0.39 is 4.92 Å². The van der Waals surface area contributed by atoms with Crippen LogP contribution in [0.4, 0.5) is 11.6 Å². The molecular formula is C9H12N8O2. The van der Waals surface area contributed by atoms with Gasteiger partial charge in [0.25, 0.3) is 0 Å². The largest absolute Gasteiger partial charge is 0.343 e. The molecule has 0 aliphatic rings. The summed E-state index contributed by atoms with van der Waals surface area (Å²) in [7, 11) is 1.79. The third-order valence-electron chi connectivity index (χ3n) is 2.53. The third-order valence-corrected chi connectivity index (χ3v) is 2.53. The van der Waals surface area contributed by atoms with Gasteiger partial charge in [-0.3, -0.25) is 10.1 Å². The van der Waals surface area contributed by atoms with Gasteiger partial charge in [-0.2, -0.15) is 5.21 Å². The summed E-state index contributed by atoms with van der Waals surface area (Å²) < 4.78 is 0. The molecule has 10 heteroatoms. The van der Waals surface area contributed by atoms with Gasteiger partial charge in [0.1, 0.15) is 12.4 Å². The minimum absolute atomic E-state index is 0.0301. The van der Waals surface area contributed by atoms with Crippen LogP contribution in [0.25, 0.3) is 0 Å². The van der Waals surface area contributed by atoms with E-state index in [0.717, 1.165) is 0 Å².